The van der Waals surface area contributed by atoms with Crippen LogP contribution in [0.3, 0.4) is 0 Å². The van der Waals surface area contributed by atoms with Gasteiger partial charge in [0.05, 0.1) is 20.5 Å². The lowest BCUT2D eigenvalue weighted by Crippen LogP contribution is -2.44. The molecule has 266 valence electrons. The van der Waals surface area contributed by atoms with Crippen molar-refractivity contribution in [3.05, 3.63) is 0 Å². The van der Waals surface area contributed by atoms with Crippen LogP contribution in [-0.4, -0.2) is 70.7 Å². The van der Waals surface area contributed by atoms with Crippen LogP contribution in [0.2, 0.25) is 0 Å². The Morgan fingerprint density at radius 3 is 1.31 bits per heavy atom. The summed E-state index contributed by atoms with van der Waals surface area (Å²) < 4.78 is 51.5. The summed E-state index contributed by atoms with van der Waals surface area (Å²) in [4.78, 5) is 23.5. The van der Waals surface area contributed by atoms with Crippen LogP contribution >= 0.6 is 0 Å². The van der Waals surface area contributed by atoms with Gasteiger partial charge in [-0.05, 0) is 146 Å². The molecule has 0 aromatic rings. The molecule has 2 fully saturated rings. The van der Waals surface area contributed by atoms with E-state index in [1.807, 2.05) is 62.3 Å². The molecule has 2 amide bonds. The van der Waals surface area contributed by atoms with Gasteiger partial charge < -0.3 is 20.1 Å². The van der Waals surface area contributed by atoms with Crippen LogP contribution in [0.25, 0.3) is 0 Å². The lowest BCUT2D eigenvalue weighted by molar-refractivity contribution is 0.0476. The van der Waals surface area contributed by atoms with Crippen molar-refractivity contribution < 1.29 is 31.7 Å². The number of hydrogen-bond donors (Lipinski definition) is 4. The summed E-state index contributed by atoms with van der Waals surface area (Å²) in [6, 6.07) is 0.305. The van der Waals surface area contributed by atoms with E-state index in [0.717, 1.165) is 57.9 Å². The largest absolute Gasteiger partial charge is 0.444 e. The van der Waals surface area contributed by atoms with Gasteiger partial charge in [-0.15, -0.1) is 0 Å². The van der Waals surface area contributed by atoms with Crippen molar-refractivity contribution in [1.82, 2.24) is 20.1 Å². The molecule has 13 heteroatoms. The highest BCUT2D eigenvalue weighted by Crippen LogP contribution is 2.26. The summed E-state index contributed by atoms with van der Waals surface area (Å²) in [7, 11) is -4.30. The molecule has 11 nitrogen and oxygen atoms in total. The molecule has 2 aliphatic rings. The Bertz CT molecular complexity index is 1060. The zero-order chi connectivity index (χ0) is 34.9. The van der Waals surface area contributed by atoms with E-state index in [-0.39, 0.29) is 29.0 Å². The molecule has 0 saturated heterocycles. The quantitative estimate of drug-likeness (QED) is 0.249. The van der Waals surface area contributed by atoms with Gasteiger partial charge >= 0.3 is 12.2 Å². The molecule has 1 atom stereocenters. The van der Waals surface area contributed by atoms with E-state index >= 15 is 0 Å². The molecular formula is C32H64N4O7S2. The fraction of sp³-hybridized carbons (Fsp3) is 0.938. The SMILES string of the molecule is CC(C)(C)OC(=O)NC1CCC(CNS(=O)(=O)C(C)(C)C)CC1.CC(C)(C)OC(=O)NC1CCC(CNS(=O)C(C)(C)C)CC1. The number of nitrogens with one attached hydrogen (secondary N) is 4. The molecule has 4 N–H and O–H groups in total. The van der Waals surface area contributed by atoms with Crippen LogP contribution in [0, 0.1) is 11.8 Å². The van der Waals surface area contributed by atoms with Gasteiger partial charge in [-0.2, -0.15) is 0 Å². The average Bonchev–Trinajstić information content (AvgIpc) is 2.84. The first-order valence-corrected chi connectivity index (χ1v) is 19.0. The predicted octanol–water partition coefficient (Wildman–Crippen LogP) is 5.91. The van der Waals surface area contributed by atoms with Crippen molar-refractivity contribution in [2.75, 3.05) is 13.1 Å². The molecule has 1 unspecified atom stereocenters. The van der Waals surface area contributed by atoms with Gasteiger partial charge in [0.2, 0.25) is 10.0 Å². The molecule has 0 aliphatic heterocycles. The Morgan fingerprint density at radius 1 is 0.644 bits per heavy atom. The fourth-order valence-electron chi connectivity index (χ4n) is 4.82. The van der Waals surface area contributed by atoms with Gasteiger partial charge in [-0.3, -0.25) is 0 Å². The van der Waals surface area contributed by atoms with Gasteiger partial charge in [0.15, 0.2) is 0 Å². The number of carbonyl (C=O) groups excluding carboxylic acids is 2. The van der Waals surface area contributed by atoms with Crippen molar-refractivity contribution in [2.45, 2.75) is 167 Å². The molecular weight excluding hydrogens is 617 g/mol. The number of alkyl carbamates (subject to hydrolysis) is 2. The smallest absolute Gasteiger partial charge is 0.407 e. The highest BCUT2D eigenvalue weighted by Gasteiger charge is 2.31. The Hall–Kier alpha value is -1.44. The number of ether oxygens (including phenoxy) is 2. The van der Waals surface area contributed by atoms with E-state index in [1.165, 1.54) is 0 Å². The lowest BCUT2D eigenvalue weighted by atomic mass is 9.86. The normalized spacial score (nSPS) is 24.0. The average molecular weight is 681 g/mol. The molecule has 0 radical (unpaired) electrons. The van der Waals surface area contributed by atoms with Crippen LogP contribution in [-0.2, 0) is 30.5 Å². The Kier molecular flexibility index (Phi) is 15.8. The third kappa shape index (κ3) is 17.9. The summed E-state index contributed by atoms with van der Waals surface area (Å²) in [5.74, 6) is 0.854. The van der Waals surface area contributed by atoms with Crippen LogP contribution in [0.15, 0.2) is 0 Å². The fourth-order valence-corrected chi connectivity index (χ4v) is 6.53. The van der Waals surface area contributed by atoms with Crippen molar-refractivity contribution in [3.63, 3.8) is 0 Å². The van der Waals surface area contributed by atoms with Crippen LogP contribution in [0.5, 0.6) is 0 Å². The molecule has 0 heterocycles. The predicted molar refractivity (Wildman–Crippen MR) is 183 cm³/mol. The van der Waals surface area contributed by atoms with Crippen molar-refractivity contribution in [1.29, 1.82) is 0 Å². The minimum Gasteiger partial charge on any atom is -0.444 e. The molecule has 45 heavy (non-hydrogen) atoms. The summed E-state index contributed by atoms with van der Waals surface area (Å²) >= 11 is 0. The Morgan fingerprint density at radius 2 is 1.00 bits per heavy atom. The van der Waals surface area contributed by atoms with Crippen LogP contribution in [0.1, 0.15) is 134 Å². The molecule has 0 spiro atoms. The summed E-state index contributed by atoms with van der Waals surface area (Å²) in [6.07, 6.45) is 6.76. The zero-order valence-electron chi connectivity index (χ0n) is 30.1. The first-order valence-electron chi connectivity index (χ1n) is 16.4. The van der Waals surface area contributed by atoms with E-state index in [2.05, 4.69) is 20.1 Å². The standard InChI is InChI=1S/C16H32N2O4S.C16H32N2O3S/c1-15(2,3)22-14(19)18-13-9-7-12(8-10-13)11-17-23(20,21)16(4,5)6;1-15(2,3)21-14(19)18-13-9-7-12(8-10-13)11-17-22(20)16(4,5)6/h12-13,17H,7-11H2,1-6H3,(H,18,19);12-13,17H,7-11H2,1-6H3,(H,18,19). The second-order valence-corrected chi connectivity index (χ2v) is 21.0. The Balaban J connectivity index is 0.000000450. The molecule has 2 saturated carbocycles. The lowest BCUT2D eigenvalue weighted by Gasteiger charge is -2.30. The third-order valence-electron chi connectivity index (χ3n) is 7.56. The van der Waals surface area contributed by atoms with Gasteiger partial charge in [-0.25, -0.2) is 31.7 Å². The maximum atomic E-state index is 12.1. The molecule has 0 aromatic heterocycles. The van der Waals surface area contributed by atoms with Crippen molar-refractivity contribution in [2.24, 2.45) is 11.8 Å². The number of rotatable bonds is 8. The zero-order valence-corrected chi connectivity index (χ0v) is 31.7. The minimum atomic E-state index is -3.29. The third-order valence-corrected chi connectivity index (χ3v) is 11.3. The van der Waals surface area contributed by atoms with Gasteiger partial charge in [0, 0.05) is 25.2 Å². The number of hydrogen-bond acceptors (Lipinski definition) is 7. The van der Waals surface area contributed by atoms with Gasteiger partial charge in [0.1, 0.15) is 11.2 Å². The molecule has 2 rings (SSSR count). The molecule has 0 aromatic carbocycles. The van der Waals surface area contributed by atoms with E-state index in [0.29, 0.717) is 18.4 Å². The summed E-state index contributed by atoms with van der Waals surface area (Å²) in [6.45, 7) is 23.3. The summed E-state index contributed by atoms with van der Waals surface area (Å²) in [5.41, 5.74) is -0.950. The second-order valence-electron chi connectivity index (χ2n) is 16.4. The Labute approximate surface area is 276 Å². The van der Waals surface area contributed by atoms with Crippen molar-refractivity contribution in [3.8, 4) is 0 Å². The first-order chi connectivity index (χ1) is 20.3. The van der Waals surface area contributed by atoms with E-state index in [9.17, 15) is 22.2 Å². The molecule has 2 aliphatic carbocycles. The van der Waals surface area contributed by atoms with Crippen LogP contribution in [0.4, 0.5) is 9.59 Å². The monoisotopic (exact) mass is 680 g/mol. The second kappa shape index (κ2) is 17.1. The van der Waals surface area contributed by atoms with E-state index in [4.69, 9.17) is 9.47 Å². The topological polar surface area (TPSA) is 152 Å². The minimum absolute atomic E-state index is 0.111. The maximum absolute atomic E-state index is 12.1. The summed E-state index contributed by atoms with van der Waals surface area (Å²) in [5, 5.41) is 5.84. The highest BCUT2D eigenvalue weighted by molar-refractivity contribution is 7.90. The van der Waals surface area contributed by atoms with Gasteiger partial charge in [0.25, 0.3) is 0 Å². The van der Waals surface area contributed by atoms with Crippen molar-refractivity contribution >= 4 is 33.2 Å². The number of carbonyl (C=O) groups is 2. The van der Waals surface area contributed by atoms with Gasteiger partial charge in [-0.1, -0.05) is 0 Å². The first kappa shape index (κ1) is 41.6. The van der Waals surface area contributed by atoms with Crippen LogP contribution < -0.4 is 20.1 Å². The highest BCUT2D eigenvalue weighted by atomic mass is 32.2. The van der Waals surface area contributed by atoms with E-state index in [1.54, 1.807) is 20.8 Å². The van der Waals surface area contributed by atoms with E-state index < -0.39 is 37.0 Å². The molecule has 0 bridgehead atoms. The number of amides is 2. The maximum Gasteiger partial charge on any atom is 0.407 e. The number of sulfonamides is 1.